The van der Waals surface area contributed by atoms with Crippen LogP contribution < -0.4 is 0 Å². The Morgan fingerprint density at radius 2 is 2.20 bits per heavy atom. The summed E-state index contributed by atoms with van der Waals surface area (Å²) >= 11 is 2.30. The fourth-order valence-electron chi connectivity index (χ4n) is 0.831. The molecule has 1 rings (SSSR count). The summed E-state index contributed by atoms with van der Waals surface area (Å²) in [6.45, 7) is 5.82. The topological polar surface area (TPSA) is 0 Å². The van der Waals surface area contributed by atoms with Crippen molar-refractivity contribution in [3.63, 3.8) is 0 Å². The van der Waals surface area contributed by atoms with E-state index in [-0.39, 0.29) is 0 Å². The smallest absolute Gasteiger partial charge is 0.0136 e. The fraction of sp³-hybridized carbons (Fsp3) is 0.111. The molecule has 0 aromatic heterocycles. The third kappa shape index (κ3) is 1.59. The molecule has 0 aliphatic carbocycles. The molecule has 0 aliphatic heterocycles. The maximum absolute atomic E-state index is 3.73. The quantitative estimate of drug-likeness (QED) is 0.665. The highest BCUT2D eigenvalue weighted by Gasteiger charge is 1.92. The van der Waals surface area contributed by atoms with Crippen LogP contribution in [0.1, 0.15) is 11.1 Å². The van der Waals surface area contributed by atoms with E-state index in [4.69, 9.17) is 0 Å². The average Bonchev–Trinajstić information content (AvgIpc) is 1.94. The van der Waals surface area contributed by atoms with Gasteiger partial charge in [0.15, 0.2) is 0 Å². The van der Waals surface area contributed by atoms with Gasteiger partial charge in [-0.25, -0.2) is 0 Å². The van der Waals surface area contributed by atoms with Crippen molar-refractivity contribution in [3.05, 3.63) is 39.5 Å². The molecule has 1 heteroatoms. The van der Waals surface area contributed by atoms with Crippen LogP contribution in [0, 0.1) is 10.5 Å². The van der Waals surface area contributed by atoms with Gasteiger partial charge < -0.3 is 0 Å². The summed E-state index contributed by atoms with van der Waals surface area (Å²) in [6.07, 6.45) is 1.89. The number of rotatable bonds is 1. The van der Waals surface area contributed by atoms with Gasteiger partial charge >= 0.3 is 0 Å². The van der Waals surface area contributed by atoms with E-state index in [0.29, 0.717) is 0 Å². The zero-order valence-electron chi connectivity index (χ0n) is 5.89. The van der Waals surface area contributed by atoms with Gasteiger partial charge in [0.1, 0.15) is 0 Å². The van der Waals surface area contributed by atoms with E-state index in [1.807, 2.05) is 6.08 Å². The first-order valence-corrected chi connectivity index (χ1v) is 4.20. The Morgan fingerprint density at radius 1 is 1.50 bits per heavy atom. The van der Waals surface area contributed by atoms with Gasteiger partial charge in [-0.3, -0.25) is 0 Å². The van der Waals surface area contributed by atoms with Gasteiger partial charge in [0.25, 0.3) is 0 Å². The fourth-order valence-corrected chi connectivity index (χ4v) is 1.35. The van der Waals surface area contributed by atoms with Crippen LogP contribution in [0.15, 0.2) is 24.8 Å². The maximum Gasteiger partial charge on any atom is 0.0136 e. The van der Waals surface area contributed by atoms with Crippen LogP contribution in [-0.2, 0) is 0 Å². The second-order valence-electron chi connectivity index (χ2n) is 2.21. The molecule has 52 valence electrons. The minimum absolute atomic E-state index is 1.23. The van der Waals surface area contributed by atoms with Crippen LogP contribution in [0.2, 0.25) is 0 Å². The lowest BCUT2D eigenvalue weighted by molar-refractivity contribution is 1.43. The molecule has 0 bridgehead atoms. The predicted octanol–water partition coefficient (Wildman–Crippen LogP) is 3.24. The molecular formula is C9H9I. The lowest BCUT2D eigenvalue weighted by Crippen LogP contribution is -1.80. The zero-order valence-corrected chi connectivity index (χ0v) is 8.05. The van der Waals surface area contributed by atoms with Gasteiger partial charge in [0.2, 0.25) is 0 Å². The van der Waals surface area contributed by atoms with E-state index in [2.05, 4.69) is 54.3 Å². The van der Waals surface area contributed by atoms with Crippen molar-refractivity contribution < 1.29 is 0 Å². The molecule has 0 spiro atoms. The van der Waals surface area contributed by atoms with E-state index in [1.54, 1.807) is 0 Å². The van der Waals surface area contributed by atoms with Crippen molar-refractivity contribution in [3.8, 4) is 0 Å². The molecule has 0 atom stereocenters. The Balaban J connectivity index is 3.21. The zero-order chi connectivity index (χ0) is 7.56. The summed E-state index contributed by atoms with van der Waals surface area (Å²) in [6, 6.07) is 6.34. The van der Waals surface area contributed by atoms with Crippen LogP contribution in [-0.4, -0.2) is 0 Å². The van der Waals surface area contributed by atoms with Gasteiger partial charge in [0, 0.05) is 3.57 Å². The number of aryl methyl sites for hydroxylation is 1. The first kappa shape index (κ1) is 7.79. The third-order valence-corrected chi connectivity index (χ3v) is 2.13. The van der Waals surface area contributed by atoms with E-state index in [1.165, 1.54) is 14.7 Å². The van der Waals surface area contributed by atoms with Crippen LogP contribution in [0.4, 0.5) is 0 Å². The van der Waals surface area contributed by atoms with E-state index >= 15 is 0 Å². The number of hydrogen-bond acceptors (Lipinski definition) is 0. The summed E-state index contributed by atoms with van der Waals surface area (Å²) in [4.78, 5) is 0. The molecule has 0 saturated carbocycles. The molecule has 1 aromatic rings. The Morgan fingerprint density at radius 3 is 2.70 bits per heavy atom. The lowest BCUT2D eigenvalue weighted by Gasteiger charge is -1.98. The normalized spacial score (nSPS) is 9.40. The van der Waals surface area contributed by atoms with E-state index in [9.17, 15) is 0 Å². The van der Waals surface area contributed by atoms with Crippen LogP contribution >= 0.6 is 22.6 Å². The van der Waals surface area contributed by atoms with Crippen molar-refractivity contribution >= 4 is 28.7 Å². The molecule has 0 heterocycles. The first-order chi connectivity index (χ1) is 4.74. The monoisotopic (exact) mass is 244 g/mol. The van der Waals surface area contributed by atoms with E-state index in [0.717, 1.165) is 0 Å². The van der Waals surface area contributed by atoms with Crippen molar-refractivity contribution in [2.45, 2.75) is 6.92 Å². The van der Waals surface area contributed by atoms with E-state index < -0.39 is 0 Å². The van der Waals surface area contributed by atoms with Gasteiger partial charge in [-0.15, -0.1) is 0 Å². The molecule has 0 saturated heterocycles. The molecule has 10 heavy (non-hydrogen) atoms. The highest BCUT2D eigenvalue weighted by atomic mass is 127. The lowest BCUT2D eigenvalue weighted by atomic mass is 10.1. The van der Waals surface area contributed by atoms with Crippen LogP contribution in [0.5, 0.6) is 0 Å². The Bertz CT molecular complexity index is 251. The highest BCUT2D eigenvalue weighted by molar-refractivity contribution is 14.1. The predicted molar refractivity (Wildman–Crippen MR) is 54.0 cm³/mol. The molecule has 0 amide bonds. The Hall–Kier alpha value is -0.310. The second-order valence-corrected chi connectivity index (χ2v) is 3.45. The minimum atomic E-state index is 1.23. The number of halogens is 1. The molecule has 1 aromatic carbocycles. The second kappa shape index (κ2) is 3.19. The average molecular weight is 244 g/mol. The standard InChI is InChI=1S/C9H9I/c1-3-8-6-9(10)5-4-7(8)2/h3-6H,1H2,2H3. The SMILES string of the molecule is C=Cc1cc(I)ccc1C. The number of benzene rings is 1. The molecule has 0 N–H and O–H groups in total. The molecule has 0 aliphatic rings. The summed E-state index contributed by atoms with van der Waals surface area (Å²) in [5.74, 6) is 0. The van der Waals surface area contributed by atoms with Gasteiger partial charge in [0.05, 0.1) is 0 Å². The molecule has 0 fully saturated rings. The molecular weight excluding hydrogens is 235 g/mol. The maximum atomic E-state index is 3.73. The highest BCUT2D eigenvalue weighted by Crippen LogP contribution is 2.13. The van der Waals surface area contributed by atoms with Gasteiger partial charge in [-0.1, -0.05) is 18.7 Å². The van der Waals surface area contributed by atoms with Gasteiger partial charge in [-0.2, -0.15) is 0 Å². The van der Waals surface area contributed by atoms with Crippen molar-refractivity contribution in [2.75, 3.05) is 0 Å². The molecule has 0 unspecified atom stereocenters. The Kier molecular flexibility index (Phi) is 2.49. The third-order valence-electron chi connectivity index (χ3n) is 1.46. The Labute approximate surface area is 75.1 Å². The summed E-state index contributed by atoms with van der Waals surface area (Å²) in [5, 5.41) is 0. The molecule has 0 nitrogen and oxygen atoms in total. The minimum Gasteiger partial charge on any atom is -0.0985 e. The summed E-state index contributed by atoms with van der Waals surface area (Å²) in [7, 11) is 0. The van der Waals surface area contributed by atoms with Gasteiger partial charge in [-0.05, 0) is 52.8 Å². The van der Waals surface area contributed by atoms with Crippen molar-refractivity contribution in [1.82, 2.24) is 0 Å². The largest absolute Gasteiger partial charge is 0.0985 e. The molecule has 0 radical (unpaired) electrons. The number of hydrogen-bond donors (Lipinski definition) is 0. The van der Waals surface area contributed by atoms with Crippen LogP contribution in [0.25, 0.3) is 6.08 Å². The summed E-state index contributed by atoms with van der Waals surface area (Å²) in [5.41, 5.74) is 2.52. The van der Waals surface area contributed by atoms with Crippen LogP contribution in [0.3, 0.4) is 0 Å². The first-order valence-electron chi connectivity index (χ1n) is 3.12. The van der Waals surface area contributed by atoms with Crippen molar-refractivity contribution in [2.24, 2.45) is 0 Å². The summed E-state index contributed by atoms with van der Waals surface area (Å²) < 4.78 is 1.26. The van der Waals surface area contributed by atoms with Crippen molar-refractivity contribution in [1.29, 1.82) is 0 Å².